The summed E-state index contributed by atoms with van der Waals surface area (Å²) in [6.45, 7) is 2.98. The molecule has 5 nitrogen and oxygen atoms in total. The van der Waals surface area contributed by atoms with E-state index in [1.165, 1.54) is 50.2 Å². The van der Waals surface area contributed by atoms with Crippen molar-refractivity contribution in [1.29, 1.82) is 0 Å². The highest BCUT2D eigenvalue weighted by Gasteiger charge is 2.17. The Bertz CT molecular complexity index is 806. The minimum Gasteiger partial charge on any atom is -0.478 e. The van der Waals surface area contributed by atoms with Crippen molar-refractivity contribution in [2.75, 3.05) is 4.72 Å². The Hall–Kier alpha value is -2.41. The molecule has 2 rings (SSSR count). The largest absolute Gasteiger partial charge is 0.478 e. The number of rotatable bonds is 4. The molecule has 0 bridgehead atoms. The Kier molecular flexibility index (Phi) is 4.18. The molecule has 0 radical (unpaired) electrons. The third kappa shape index (κ3) is 3.25. The van der Waals surface area contributed by atoms with Crippen LogP contribution < -0.4 is 4.72 Å². The van der Waals surface area contributed by atoms with Gasteiger partial charge in [-0.2, -0.15) is 0 Å². The van der Waals surface area contributed by atoms with Gasteiger partial charge in [0.15, 0.2) is 0 Å². The minimum atomic E-state index is -3.87. The van der Waals surface area contributed by atoms with Gasteiger partial charge < -0.3 is 5.11 Å². The minimum absolute atomic E-state index is 0.0498. The molecule has 0 saturated heterocycles. The lowest BCUT2D eigenvalue weighted by molar-refractivity contribution is 0.0697. The molecule has 0 aliphatic rings. The lowest BCUT2D eigenvalue weighted by atomic mass is 10.1. The highest BCUT2D eigenvalue weighted by molar-refractivity contribution is 7.92. The van der Waals surface area contributed by atoms with Crippen molar-refractivity contribution >= 4 is 21.7 Å². The molecule has 116 valence electrons. The van der Waals surface area contributed by atoms with Crippen molar-refractivity contribution in [1.82, 2.24) is 0 Å². The number of anilines is 1. The Balaban J connectivity index is 2.33. The van der Waals surface area contributed by atoms with Gasteiger partial charge in [-0.15, -0.1) is 0 Å². The van der Waals surface area contributed by atoms with E-state index in [1.807, 2.05) is 0 Å². The monoisotopic (exact) mass is 323 g/mol. The van der Waals surface area contributed by atoms with Crippen LogP contribution in [0.2, 0.25) is 0 Å². The summed E-state index contributed by atoms with van der Waals surface area (Å²) in [4.78, 5) is 10.7. The zero-order chi connectivity index (χ0) is 16.5. The van der Waals surface area contributed by atoms with Gasteiger partial charge in [0.2, 0.25) is 0 Å². The fraction of sp³-hybridized carbons (Fsp3) is 0.133. The number of sulfonamides is 1. The van der Waals surface area contributed by atoms with Crippen LogP contribution in [-0.2, 0) is 10.0 Å². The van der Waals surface area contributed by atoms with Crippen LogP contribution in [0.15, 0.2) is 41.3 Å². The van der Waals surface area contributed by atoms with Gasteiger partial charge in [-0.05, 0) is 61.4 Å². The number of halogens is 1. The Morgan fingerprint density at radius 1 is 1.09 bits per heavy atom. The predicted octanol–water partition coefficient (Wildman–Crippen LogP) is 2.94. The maximum Gasteiger partial charge on any atom is 0.335 e. The van der Waals surface area contributed by atoms with Crippen LogP contribution in [0.1, 0.15) is 21.5 Å². The van der Waals surface area contributed by atoms with E-state index in [2.05, 4.69) is 4.72 Å². The van der Waals surface area contributed by atoms with Gasteiger partial charge in [0.25, 0.3) is 10.0 Å². The summed E-state index contributed by atoms with van der Waals surface area (Å²) < 4.78 is 40.5. The van der Waals surface area contributed by atoms with E-state index >= 15 is 0 Å². The average Bonchev–Trinajstić information content (AvgIpc) is 2.44. The van der Waals surface area contributed by atoms with Gasteiger partial charge in [-0.25, -0.2) is 17.6 Å². The number of carboxylic acids is 1. The Morgan fingerprint density at radius 2 is 1.59 bits per heavy atom. The molecule has 0 aliphatic heterocycles. The van der Waals surface area contributed by atoms with Crippen LogP contribution in [-0.4, -0.2) is 19.5 Å². The highest BCUT2D eigenvalue weighted by Crippen LogP contribution is 2.21. The van der Waals surface area contributed by atoms with Gasteiger partial charge in [0.1, 0.15) is 5.82 Å². The molecule has 2 aromatic rings. The summed E-state index contributed by atoms with van der Waals surface area (Å²) >= 11 is 0. The van der Waals surface area contributed by atoms with Crippen LogP contribution in [0, 0.1) is 19.7 Å². The fourth-order valence-electron chi connectivity index (χ4n) is 1.96. The molecule has 0 spiro atoms. The molecular formula is C15H14FNO4S. The molecule has 0 unspecified atom stereocenters. The van der Waals surface area contributed by atoms with Crippen molar-refractivity contribution in [2.45, 2.75) is 18.7 Å². The van der Waals surface area contributed by atoms with Crippen LogP contribution in [0.5, 0.6) is 0 Å². The molecule has 0 fully saturated rings. The smallest absolute Gasteiger partial charge is 0.335 e. The maximum absolute atomic E-state index is 13.6. The molecule has 2 N–H and O–H groups in total. The van der Waals surface area contributed by atoms with Crippen molar-refractivity contribution in [2.24, 2.45) is 0 Å². The summed E-state index contributed by atoms with van der Waals surface area (Å²) in [5.74, 6) is -1.54. The number of nitrogens with one attached hydrogen (secondary N) is 1. The molecule has 0 amide bonds. The lowest BCUT2D eigenvalue weighted by Crippen LogP contribution is -2.14. The summed E-state index contributed by atoms with van der Waals surface area (Å²) in [5.41, 5.74) is 0.754. The molecule has 7 heteroatoms. The molecule has 22 heavy (non-hydrogen) atoms. The molecule has 0 aliphatic carbocycles. The maximum atomic E-state index is 13.6. The third-order valence-electron chi connectivity index (χ3n) is 3.10. The normalized spacial score (nSPS) is 11.2. The summed E-state index contributed by atoms with van der Waals surface area (Å²) in [6.07, 6.45) is 0. The quantitative estimate of drug-likeness (QED) is 0.906. The van der Waals surface area contributed by atoms with Crippen LogP contribution in [0.3, 0.4) is 0 Å². The first kappa shape index (κ1) is 16.0. The number of carbonyl (C=O) groups is 1. The fourth-order valence-corrected chi connectivity index (χ4v) is 3.18. The molecular weight excluding hydrogens is 309 g/mol. The van der Waals surface area contributed by atoms with E-state index in [1.54, 1.807) is 0 Å². The lowest BCUT2D eigenvalue weighted by Gasteiger charge is -2.10. The highest BCUT2D eigenvalue weighted by atomic mass is 32.2. The first-order valence-corrected chi connectivity index (χ1v) is 7.82. The van der Waals surface area contributed by atoms with Gasteiger partial charge in [-0.1, -0.05) is 0 Å². The second kappa shape index (κ2) is 5.76. The van der Waals surface area contributed by atoms with E-state index < -0.39 is 21.8 Å². The van der Waals surface area contributed by atoms with Crippen molar-refractivity contribution < 1.29 is 22.7 Å². The van der Waals surface area contributed by atoms with E-state index in [9.17, 15) is 17.6 Å². The Labute approximate surface area is 127 Å². The predicted molar refractivity (Wildman–Crippen MR) is 80.1 cm³/mol. The van der Waals surface area contributed by atoms with Crippen LogP contribution in [0.4, 0.5) is 10.1 Å². The topological polar surface area (TPSA) is 83.5 Å². The number of aromatic carboxylic acids is 1. The molecule has 0 saturated carbocycles. The van der Waals surface area contributed by atoms with Gasteiger partial charge in [-0.3, -0.25) is 4.72 Å². The number of hydrogen-bond acceptors (Lipinski definition) is 3. The van der Waals surface area contributed by atoms with Crippen molar-refractivity contribution in [3.63, 3.8) is 0 Å². The Morgan fingerprint density at radius 3 is 2.05 bits per heavy atom. The van der Waals surface area contributed by atoms with Gasteiger partial charge in [0, 0.05) is 5.69 Å². The average molecular weight is 323 g/mol. The van der Waals surface area contributed by atoms with Crippen LogP contribution in [0.25, 0.3) is 0 Å². The second-order valence-corrected chi connectivity index (χ2v) is 6.54. The van der Waals surface area contributed by atoms with E-state index in [-0.39, 0.29) is 27.3 Å². The summed E-state index contributed by atoms with van der Waals surface area (Å²) in [7, 11) is -3.87. The van der Waals surface area contributed by atoms with Crippen LogP contribution >= 0.6 is 0 Å². The zero-order valence-electron chi connectivity index (χ0n) is 11.9. The molecule has 0 heterocycles. The third-order valence-corrected chi connectivity index (χ3v) is 4.47. The number of aryl methyl sites for hydroxylation is 2. The van der Waals surface area contributed by atoms with E-state index in [0.717, 1.165) is 0 Å². The van der Waals surface area contributed by atoms with Gasteiger partial charge >= 0.3 is 5.97 Å². The first-order chi connectivity index (χ1) is 10.2. The van der Waals surface area contributed by atoms with Crippen molar-refractivity contribution in [3.05, 3.63) is 58.9 Å². The number of carboxylic acid groups (broad SMARTS) is 1. The van der Waals surface area contributed by atoms with Gasteiger partial charge in [0.05, 0.1) is 10.5 Å². The van der Waals surface area contributed by atoms with Crippen molar-refractivity contribution in [3.8, 4) is 0 Å². The summed E-state index contributed by atoms with van der Waals surface area (Å²) in [5, 5.41) is 8.80. The standard InChI is InChI=1S/C15H14FNO4S/c1-9-7-13(8-10(2)14(9)16)22(20,21)17-12-5-3-11(4-6-12)15(18)19/h3-8,17H,1-2H3,(H,18,19). The SMILES string of the molecule is Cc1cc(S(=O)(=O)Nc2ccc(C(=O)O)cc2)cc(C)c1F. The molecule has 0 atom stereocenters. The second-order valence-electron chi connectivity index (χ2n) is 4.86. The zero-order valence-corrected chi connectivity index (χ0v) is 12.7. The molecule has 0 aromatic heterocycles. The first-order valence-electron chi connectivity index (χ1n) is 6.33. The van der Waals surface area contributed by atoms with E-state index in [4.69, 9.17) is 5.11 Å². The molecule has 2 aromatic carbocycles. The van der Waals surface area contributed by atoms with E-state index in [0.29, 0.717) is 0 Å². The number of benzene rings is 2. The number of hydrogen-bond donors (Lipinski definition) is 2. The summed E-state index contributed by atoms with van der Waals surface area (Å²) in [6, 6.07) is 7.78.